The number of amides is 1. The van der Waals surface area contributed by atoms with Crippen molar-refractivity contribution in [1.29, 1.82) is 0 Å². The first-order chi connectivity index (χ1) is 15.2. The second-order valence-corrected chi connectivity index (χ2v) is 9.11. The van der Waals surface area contributed by atoms with Crippen LogP contribution in [0.25, 0.3) is 0 Å². The molecule has 32 heavy (non-hydrogen) atoms. The van der Waals surface area contributed by atoms with E-state index in [1.54, 1.807) is 17.2 Å². The summed E-state index contributed by atoms with van der Waals surface area (Å²) < 4.78 is 52.5. The molecule has 174 valence electrons. The lowest BCUT2D eigenvalue weighted by molar-refractivity contribution is -0.137. The van der Waals surface area contributed by atoms with E-state index in [1.165, 1.54) is 6.07 Å². The number of halogens is 3. The van der Waals surface area contributed by atoms with Gasteiger partial charge >= 0.3 is 6.18 Å². The molecule has 2 atom stereocenters. The van der Waals surface area contributed by atoms with Gasteiger partial charge in [-0.05, 0) is 68.0 Å². The molecule has 0 radical (unpaired) electrons. The molecule has 6 nitrogen and oxygen atoms in total. The Labute approximate surface area is 188 Å². The highest BCUT2D eigenvalue weighted by molar-refractivity contribution is 7.85. The lowest BCUT2D eigenvalue weighted by Crippen LogP contribution is -2.37. The highest BCUT2D eigenvalue weighted by Crippen LogP contribution is 2.31. The van der Waals surface area contributed by atoms with Crippen LogP contribution in [0.2, 0.25) is 0 Å². The van der Waals surface area contributed by atoms with E-state index in [0.717, 1.165) is 61.4 Å². The number of carbonyl (C=O) groups excluding carboxylic acids is 1. The Hall–Kier alpha value is -2.62. The predicted molar refractivity (Wildman–Crippen MR) is 121 cm³/mol. The normalized spacial score (nSPS) is 17.7. The summed E-state index contributed by atoms with van der Waals surface area (Å²) in [6, 6.07) is 7.96. The summed E-state index contributed by atoms with van der Waals surface area (Å²) in [6.45, 7) is 3.87. The highest BCUT2D eigenvalue weighted by Gasteiger charge is 2.31. The number of carbonyl (C=O) groups is 1. The molecule has 0 aliphatic carbocycles. The van der Waals surface area contributed by atoms with Gasteiger partial charge in [-0.25, -0.2) is 9.19 Å². The highest BCUT2D eigenvalue weighted by atomic mass is 32.2. The zero-order valence-corrected chi connectivity index (χ0v) is 18.9. The third-order valence-electron chi connectivity index (χ3n) is 5.59. The second kappa shape index (κ2) is 10.3. The van der Waals surface area contributed by atoms with E-state index in [9.17, 15) is 22.2 Å². The molecule has 0 saturated carbocycles. The fourth-order valence-corrected chi connectivity index (χ4v) is 4.47. The molecule has 1 aliphatic heterocycles. The first kappa shape index (κ1) is 24.0. The number of nitrogens with zero attached hydrogens (tertiary/aromatic N) is 3. The van der Waals surface area contributed by atoms with Gasteiger partial charge in [0.15, 0.2) is 0 Å². The number of pyridine rings is 1. The maximum absolute atomic E-state index is 12.8. The van der Waals surface area contributed by atoms with Gasteiger partial charge in [0.05, 0.1) is 5.56 Å². The molecule has 1 N–H and O–H groups in total. The Bertz CT molecular complexity index is 953. The van der Waals surface area contributed by atoms with Crippen LogP contribution < -0.4 is 14.5 Å². The number of hydrogen-bond donors (Lipinski definition) is 1. The zero-order valence-electron chi connectivity index (χ0n) is 18.1. The number of alkyl halides is 3. The van der Waals surface area contributed by atoms with Crippen LogP contribution in [-0.2, 0) is 22.0 Å². The van der Waals surface area contributed by atoms with Crippen LogP contribution in [0.1, 0.15) is 30.4 Å². The largest absolute Gasteiger partial charge is 0.417 e. The summed E-state index contributed by atoms with van der Waals surface area (Å²) in [5.41, 5.74) is 1.67. The Morgan fingerprint density at radius 1 is 1.31 bits per heavy atom. The summed E-state index contributed by atoms with van der Waals surface area (Å²) in [4.78, 5) is 19.4. The minimum atomic E-state index is -4.39. The van der Waals surface area contributed by atoms with Crippen LogP contribution in [0.4, 0.5) is 30.4 Å². The minimum absolute atomic E-state index is 0.305. The van der Waals surface area contributed by atoms with Crippen LogP contribution in [0.15, 0.2) is 36.5 Å². The molecule has 1 amide bonds. The van der Waals surface area contributed by atoms with Crippen molar-refractivity contribution in [1.82, 2.24) is 4.98 Å². The van der Waals surface area contributed by atoms with Crippen molar-refractivity contribution in [3.05, 3.63) is 47.7 Å². The van der Waals surface area contributed by atoms with Crippen LogP contribution in [-0.4, -0.2) is 41.5 Å². The average molecular weight is 469 g/mol. The number of nitrogens with one attached hydrogen (secondary N) is 1. The summed E-state index contributed by atoms with van der Waals surface area (Å²) in [5, 5.41) is 0. The van der Waals surface area contributed by atoms with E-state index in [4.69, 9.17) is 0 Å². The molecule has 3 rings (SSSR count). The van der Waals surface area contributed by atoms with Crippen molar-refractivity contribution < 1.29 is 22.2 Å². The van der Waals surface area contributed by atoms with Gasteiger partial charge in [-0.1, -0.05) is 0 Å². The van der Waals surface area contributed by atoms with Gasteiger partial charge in [0.25, 0.3) is 0 Å². The minimum Gasteiger partial charge on any atom is -0.356 e. The molecule has 0 spiro atoms. The summed E-state index contributed by atoms with van der Waals surface area (Å²) >= 11 is 0. The molecule has 0 bridgehead atoms. The average Bonchev–Trinajstić information content (AvgIpc) is 2.74. The standard InChI is InChI=1S/C22H27F3N4O2S/c1-16-12-19(27-32(2)31)6-7-20(16)29(15-30)11-9-17-4-3-10-28(14-17)21-8-5-18(13-26-21)22(23,24)25/h5-8,12-13,15,17,27H,3-4,9-11,14H2,1-2H3. The molecule has 10 heteroatoms. The quantitative estimate of drug-likeness (QED) is 0.584. The number of piperidine rings is 1. The topological polar surface area (TPSA) is 65.5 Å². The molecule has 1 aromatic carbocycles. The molecule has 2 aromatic rings. The van der Waals surface area contributed by atoms with Gasteiger partial charge in [-0.15, -0.1) is 0 Å². The van der Waals surface area contributed by atoms with E-state index in [0.29, 0.717) is 24.8 Å². The Morgan fingerprint density at radius 3 is 2.69 bits per heavy atom. The van der Waals surface area contributed by atoms with E-state index < -0.39 is 22.7 Å². The van der Waals surface area contributed by atoms with Crippen molar-refractivity contribution in [2.24, 2.45) is 5.92 Å². The van der Waals surface area contributed by atoms with Crippen molar-refractivity contribution in [3.63, 3.8) is 0 Å². The fourth-order valence-electron chi connectivity index (χ4n) is 4.01. The third-order valence-corrected chi connectivity index (χ3v) is 6.11. The van der Waals surface area contributed by atoms with Crippen LogP contribution >= 0.6 is 0 Å². The lowest BCUT2D eigenvalue weighted by Gasteiger charge is -2.34. The number of benzene rings is 1. The van der Waals surface area contributed by atoms with Gasteiger partial charge in [0, 0.05) is 43.5 Å². The molecular formula is C22H27F3N4O2S. The maximum Gasteiger partial charge on any atom is 0.417 e. The SMILES string of the molecule is Cc1cc(NS(C)=O)ccc1N(C=O)CCC1CCCN(c2ccc(C(F)(F)F)cn2)C1. The van der Waals surface area contributed by atoms with E-state index in [2.05, 4.69) is 9.71 Å². The zero-order chi connectivity index (χ0) is 23.3. The molecule has 1 aliphatic rings. The summed E-state index contributed by atoms with van der Waals surface area (Å²) in [6.07, 6.45) is 1.53. The van der Waals surface area contributed by atoms with Gasteiger partial charge < -0.3 is 14.5 Å². The fraction of sp³-hybridized carbons (Fsp3) is 0.455. The lowest BCUT2D eigenvalue weighted by atomic mass is 9.94. The van der Waals surface area contributed by atoms with Crippen molar-refractivity contribution in [2.75, 3.05) is 40.4 Å². The monoisotopic (exact) mass is 468 g/mol. The number of rotatable bonds is 8. The van der Waals surface area contributed by atoms with Gasteiger partial charge in [0.2, 0.25) is 6.41 Å². The van der Waals surface area contributed by atoms with Crippen molar-refractivity contribution in [2.45, 2.75) is 32.4 Å². The van der Waals surface area contributed by atoms with Gasteiger partial charge in [-0.3, -0.25) is 4.79 Å². The van der Waals surface area contributed by atoms with E-state index in [-0.39, 0.29) is 0 Å². The predicted octanol–water partition coefficient (Wildman–Crippen LogP) is 4.38. The van der Waals surface area contributed by atoms with Gasteiger partial charge in [-0.2, -0.15) is 13.2 Å². The molecular weight excluding hydrogens is 441 g/mol. The number of aromatic nitrogens is 1. The third kappa shape index (κ3) is 6.21. The maximum atomic E-state index is 12.8. The summed E-state index contributed by atoms with van der Waals surface area (Å²) in [7, 11) is -1.17. The molecule has 1 aromatic heterocycles. The summed E-state index contributed by atoms with van der Waals surface area (Å²) in [5.74, 6) is 0.848. The van der Waals surface area contributed by atoms with E-state index in [1.807, 2.05) is 24.0 Å². The number of anilines is 3. The van der Waals surface area contributed by atoms with Crippen LogP contribution in [0.5, 0.6) is 0 Å². The first-order valence-electron chi connectivity index (χ1n) is 10.4. The van der Waals surface area contributed by atoms with Crippen LogP contribution in [0, 0.1) is 12.8 Å². The Morgan fingerprint density at radius 2 is 2.09 bits per heavy atom. The first-order valence-corrected chi connectivity index (χ1v) is 11.9. The molecule has 2 unspecified atom stereocenters. The Balaban J connectivity index is 1.61. The van der Waals surface area contributed by atoms with Crippen LogP contribution in [0.3, 0.4) is 0 Å². The molecule has 1 saturated heterocycles. The molecule has 2 heterocycles. The smallest absolute Gasteiger partial charge is 0.356 e. The van der Waals surface area contributed by atoms with Crippen molar-refractivity contribution >= 4 is 34.6 Å². The number of aryl methyl sites for hydroxylation is 1. The Kier molecular flexibility index (Phi) is 7.76. The second-order valence-electron chi connectivity index (χ2n) is 8.00. The van der Waals surface area contributed by atoms with E-state index >= 15 is 0 Å². The van der Waals surface area contributed by atoms with Gasteiger partial charge in [0.1, 0.15) is 16.8 Å². The molecule has 1 fully saturated rings. The van der Waals surface area contributed by atoms with Crippen molar-refractivity contribution in [3.8, 4) is 0 Å². The number of hydrogen-bond acceptors (Lipinski definition) is 4.